The average molecular weight is 325 g/mol. The molecule has 0 aromatic heterocycles. The molecule has 1 saturated heterocycles. The van der Waals surface area contributed by atoms with Gasteiger partial charge >= 0.3 is 0 Å². The van der Waals surface area contributed by atoms with Crippen molar-refractivity contribution >= 4 is 17.5 Å². The number of aliphatic hydroxyl groups is 1. The Morgan fingerprint density at radius 1 is 1.41 bits per heavy atom. The van der Waals surface area contributed by atoms with Gasteiger partial charge in [0.15, 0.2) is 0 Å². The summed E-state index contributed by atoms with van der Waals surface area (Å²) < 4.78 is 0. The maximum atomic E-state index is 12.5. The highest BCUT2D eigenvalue weighted by molar-refractivity contribution is 6.30. The zero-order valence-electron chi connectivity index (χ0n) is 13.3. The lowest BCUT2D eigenvalue weighted by Gasteiger charge is -2.22. The number of rotatable bonds is 6. The predicted octanol–water partition coefficient (Wildman–Crippen LogP) is 1.90. The minimum Gasteiger partial charge on any atom is -0.396 e. The van der Waals surface area contributed by atoms with Gasteiger partial charge in [0.2, 0.25) is 5.91 Å². The quantitative estimate of drug-likeness (QED) is 0.869. The van der Waals surface area contributed by atoms with Gasteiger partial charge in [0, 0.05) is 37.2 Å². The second-order valence-corrected chi connectivity index (χ2v) is 6.60. The second-order valence-electron chi connectivity index (χ2n) is 6.16. The number of halogens is 1. The van der Waals surface area contributed by atoms with Crippen molar-refractivity contribution in [3.05, 3.63) is 34.9 Å². The molecule has 0 unspecified atom stereocenters. The first kappa shape index (κ1) is 17.3. The van der Waals surface area contributed by atoms with E-state index in [9.17, 15) is 9.90 Å². The fourth-order valence-corrected chi connectivity index (χ4v) is 3.23. The predicted molar refractivity (Wildman–Crippen MR) is 89.0 cm³/mol. The Balaban J connectivity index is 1.96. The summed E-state index contributed by atoms with van der Waals surface area (Å²) in [5.74, 6) is 0.637. The van der Waals surface area contributed by atoms with Crippen LogP contribution in [0, 0.1) is 11.8 Å². The number of nitrogens with zero attached hydrogens (tertiary/aromatic N) is 2. The van der Waals surface area contributed by atoms with Crippen LogP contribution in [0.15, 0.2) is 24.3 Å². The lowest BCUT2D eigenvalue weighted by atomic mass is 9.96. The summed E-state index contributed by atoms with van der Waals surface area (Å²) in [6.45, 7) is 5.54. The number of likely N-dealkylation sites (tertiary alicyclic amines) is 1. The summed E-state index contributed by atoms with van der Waals surface area (Å²) in [5.41, 5.74) is 0.937. The maximum absolute atomic E-state index is 12.5. The molecule has 0 aliphatic carbocycles. The molecule has 1 fully saturated rings. The van der Waals surface area contributed by atoms with E-state index in [0.29, 0.717) is 23.9 Å². The number of benzene rings is 1. The van der Waals surface area contributed by atoms with E-state index in [-0.39, 0.29) is 18.4 Å². The van der Waals surface area contributed by atoms with Gasteiger partial charge in [-0.1, -0.05) is 30.7 Å². The van der Waals surface area contributed by atoms with Crippen molar-refractivity contribution in [2.24, 2.45) is 11.8 Å². The van der Waals surface area contributed by atoms with E-state index in [1.165, 1.54) is 0 Å². The molecule has 1 N–H and O–H groups in total. The number of aliphatic hydroxyl groups excluding tert-OH is 1. The van der Waals surface area contributed by atoms with Gasteiger partial charge in [-0.2, -0.15) is 0 Å². The van der Waals surface area contributed by atoms with Crippen LogP contribution >= 0.6 is 11.6 Å². The first-order chi connectivity index (χ1) is 10.5. The van der Waals surface area contributed by atoms with Gasteiger partial charge in [-0.15, -0.1) is 0 Å². The molecule has 1 amide bonds. The smallest absolute Gasteiger partial charge is 0.227 e. The Bertz CT molecular complexity index is 509. The molecule has 1 aliphatic rings. The Hall–Kier alpha value is -1.10. The van der Waals surface area contributed by atoms with Gasteiger partial charge in [0.1, 0.15) is 0 Å². The van der Waals surface area contributed by atoms with Crippen molar-refractivity contribution in [2.45, 2.75) is 13.3 Å². The Morgan fingerprint density at radius 3 is 2.77 bits per heavy atom. The fraction of sp³-hybridized carbons (Fsp3) is 0.588. The van der Waals surface area contributed by atoms with Gasteiger partial charge in [0.25, 0.3) is 0 Å². The largest absolute Gasteiger partial charge is 0.396 e. The molecule has 1 heterocycles. The second kappa shape index (κ2) is 7.95. The van der Waals surface area contributed by atoms with Crippen LogP contribution in [0.5, 0.6) is 0 Å². The van der Waals surface area contributed by atoms with Crippen molar-refractivity contribution < 1.29 is 9.90 Å². The Kier molecular flexibility index (Phi) is 6.24. The third-order valence-corrected chi connectivity index (χ3v) is 4.73. The molecular formula is C17H25ClN2O2. The van der Waals surface area contributed by atoms with Crippen LogP contribution in [-0.4, -0.2) is 60.6 Å². The number of hydrogen-bond donors (Lipinski definition) is 1. The van der Waals surface area contributed by atoms with Crippen molar-refractivity contribution in [1.29, 1.82) is 0 Å². The highest BCUT2D eigenvalue weighted by Gasteiger charge is 2.34. The Labute approximate surface area is 137 Å². The molecule has 0 spiro atoms. The molecule has 2 rings (SSSR count). The van der Waals surface area contributed by atoms with E-state index in [2.05, 4.69) is 18.9 Å². The molecule has 0 saturated carbocycles. The molecule has 1 aromatic carbocycles. The van der Waals surface area contributed by atoms with Crippen LogP contribution < -0.4 is 0 Å². The van der Waals surface area contributed by atoms with Crippen LogP contribution in [0.2, 0.25) is 5.02 Å². The zero-order chi connectivity index (χ0) is 16.1. The summed E-state index contributed by atoms with van der Waals surface area (Å²) >= 11 is 5.97. The van der Waals surface area contributed by atoms with Crippen LogP contribution in [0.25, 0.3) is 0 Å². The first-order valence-electron chi connectivity index (χ1n) is 7.85. The lowest BCUT2D eigenvalue weighted by molar-refractivity contribution is -0.129. The number of carbonyl (C=O) groups is 1. The molecule has 5 heteroatoms. The van der Waals surface area contributed by atoms with Crippen molar-refractivity contribution in [1.82, 2.24) is 9.80 Å². The van der Waals surface area contributed by atoms with E-state index in [4.69, 9.17) is 11.6 Å². The van der Waals surface area contributed by atoms with Crippen LogP contribution in [0.4, 0.5) is 0 Å². The van der Waals surface area contributed by atoms with Crippen LogP contribution in [-0.2, 0) is 11.2 Å². The summed E-state index contributed by atoms with van der Waals surface area (Å²) in [5, 5.41) is 10.2. The summed E-state index contributed by atoms with van der Waals surface area (Å²) in [7, 11) is 2.07. The van der Waals surface area contributed by atoms with Crippen molar-refractivity contribution in [2.75, 3.05) is 39.8 Å². The van der Waals surface area contributed by atoms with Crippen LogP contribution in [0.1, 0.15) is 12.5 Å². The molecule has 4 nitrogen and oxygen atoms in total. The van der Waals surface area contributed by atoms with E-state index in [0.717, 1.165) is 25.2 Å². The Morgan fingerprint density at radius 2 is 2.14 bits per heavy atom. The lowest BCUT2D eigenvalue weighted by Crippen LogP contribution is -2.32. The van der Waals surface area contributed by atoms with E-state index in [1.807, 2.05) is 29.2 Å². The van der Waals surface area contributed by atoms with Gasteiger partial charge in [-0.25, -0.2) is 0 Å². The monoisotopic (exact) mass is 324 g/mol. The van der Waals surface area contributed by atoms with E-state index in [1.54, 1.807) is 0 Å². The van der Waals surface area contributed by atoms with E-state index >= 15 is 0 Å². The van der Waals surface area contributed by atoms with Crippen molar-refractivity contribution in [3.8, 4) is 0 Å². The normalized spacial score (nSPS) is 21.6. The highest BCUT2D eigenvalue weighted by Crippen LogP contribution is 2.25. The molecule has 0 bridgehead atoms. The standard InChI is InChI=1S/C17H25ClN2O2/c1-3-19(2)9-14-10-20(11-15(14)12-21)17(22)8-13-5-4-6-16(18)7-13/h4-7,14-15,21H,3,8-12H2,1-2H3/t14-,15-/m1/s1. The summed E-state index contributed by atoms with van der Waals surface area (Å²) in [6, 6.07) is 7.43. The topological polar surface area (TPSA) is 43.8 Å². The SMILES string of the molecule is CCN(C)C[C@@H]1CN(C(=O)Cc2cccc(Cl)c2)C[C@@H]1CO. The summed E-state index contributed by atoms with van der Waals surface area (Å²) in [4.78, 5) is 16.6. The maximum Gasteiger partial charge on any atom is 0.227 e. The zero-order valence-corrected chi connectivity index (χ0v) is 14.1. The first-order valence-corrected chi connectivity index (χ1v) is 8.22. The highest BCUT2D eigenvalue weighted by atomic mass is 35.5. The molecule has 0 radical (unpaired) electrons. The van der Waals surface area contributed by atoms with Crippen molar-refractivity contribution in [3.63, 3.8) is 0 Å². The minimum atomic E-state index is 0.113. The molecular weight excluding hydrogens is 300 g/mol. The number of amides is 1. The van der Waals surface area contributed by atoms with Gasteiger partial charge in [-0.05, 0) is 37.2 Å². The third kappa shape index (κ3) is 4.45. The average Bonchev–Trinajstić information content (AvgIpc) is 2.90. The van der Waals surface area contributed by atoms with Gasteiger partial charge < -0.3 is 14.9 Å². The summed E-state index contributed by atoms with van der Waals surface area (Å²) in [6.07, 6.45) is 0.370. The van der Waals surface area contributed by atoms with Gasteiger partial charge in [0.05, 0.1) is 6.42 Å². The molecule has 122 valence electrons. The minimum absolute atomic E-state index is 0.113. The molecule has 2 atom stereocenters. The van der Waals surface area contributed by atoms with Crippen LogP contribution in [0.3, 0.4) is 0 Å². The number of carbonyl (C=O) groups excluding carboxylic acids is 1. The van der Waals surface area contributed by atoms with Gasteiger partial charge in [-0.3, -0.25) is 4.79 Å². The number of hydrogen-bond acceptors (Lipinski definition) is 3. The van der Waals surface area contributed by atoms with E-state index < -0.39 is 0 Å². The molecule has 1 aromatic rings. The molecule has 1 aliphatic heterocycles. The fourth-order valence-electron chi connectivity index (χ4n) is 3.02. The third-order valence-electron chi connectivity index (χ3n) is 4.49. The molecule has 22 heavy (non-hydrogen) atoms.